The van der Waals surface area contributed by atoms with Crippen LogP contribution in [-0.4, -0.2) is 72.1 Å². The summed E-state index contributed by atoms with van der Waals surface area (Å²) in [6.45, 7) is 14.2. The van der Waals surface area contributed by atoms with Crippen LogP contribution in [0.4, 0.5) is 0 Å². The van der Waals surface area contributed by atoms with Gasteiger partial charge in [-0.05, 0) is 58.0 Å². The molecule has 1 aliphatic heterocycles. The zero-order chi connectivity index (χ0) is 27.6. The van der Waals surface area contributed by atoms with E-state index in [2.05, 4.69) is 23.4 Å². The van der Waals surface area contributed by atoms with E-state index in [1.165, 1.54) is 4.31 Å². The van der Waals surface area contributed by atoms with Crippen molar-refractivity contribution in [2.75, 3.05) is 39.8 Å². The molecule has 0 spiro atoms. The Kier molecular flexibility index (Phi) is 8.29. The van der Waals surface area contributed by atoms with Gasteiger partial charge in [0.25, 0.3) is 5.56 Å². The Labute approximate surface area is 223 Å². The molecular weight excluding hydrogens is 506 g/mol. The molecule has 1 aromatic carbocycles. The molecule has 0 radical (unpaired) electrons. The maximum Gasteiger partial charge on any atom is 0.275 e. The number of nitrogens with zero attached hydrogens (tertiary/aromatic N) is 4. The molecule has 10 nitrogen and oxygen atoms in total. The van der Waals surface area contributed by atoms with Gasteiger partial charge in [0.1, 0.15) is 17.9 Å². The Bertz CT molecular complexity index is 1500. The maximum absolute atomic E-state index is 13.5. The first kappa shape index (κ1) is 27.9. The van der Waals surface area contributed by atoms with E-state index in [1.54, 1.807) is 29.6 Å². The number of H-pyrrole nitrogens is 1. The third kappa shape index (κ3) is 5.36. The highest BCUT2D eigenvalue weighted by molar-refractivity contribution is 7.89. The van der Waals surface area contributed by atoms with Gasteiger partial charge >= 0.3 is 0 Å². The van der Waals surface area contributed by atoms with E-state index in [-0.39, 0.29) is 22.9 Å². The Morgan fingerprint density at radius 2 is 1.89 bits per heavy atom. The lowest BCUT2D eigenvalue weighted by Crippen LogP contribution is -2.47. The predicted molar refractivity (Wildman–Crippen MR) is 147 cm³/mol. The van der Waals surface area contributed by atoms with Gasteiger partial charge in [0.15, 0.2) is 5.82 Å². The van der Waals surface area contributed by atoms with Crippen molar-refractivity contribution >= 4 is 15.5 Å². The number of likely N-dealkylation sites (N-methyl/N-ethyl adjacent to an activating group) is 1. The van der Waals surface area contributed by atoms with Gasteiger partial charge in [0.05, 0.1) is 22.8 Å². The molecule has 1 aliphatic rings. The molecule has 38 heavy (non-hydrogen) atoms. The van der Waals surface area contributed by atoms with Crippen LogP contribution in [0.25, 0.3) is 16.9 Å². The van der Waals surface area contributed by atoms with Crippen molar-refractivity contribution in [2.45, 2.75) is 52.0 Å². The predicted octanol–water partition coefficient (Wildman–Crippen LogP) is 3.34. The van der Waals surface area contributed by atoms with Gasteiger partial charge in [0.2, 0.25) is 10.0 Å². The first-order valence-corrected chi connectivity index (χ1v) is 14.4. The summed E-state index contributed by atoms with van der Waals surface area (Å²) in [5.74, 6) is 1.27. The normalized spacial score (nSPS) is 15.2. The third-order valence-corrected chi connectivity index (χ3v) is 8.72. The van der Waals surface area contributed by atoms with Gasteiger partial charge in [-0.2, -0.15) is 4.31 Å². The molecular formula is C27H37N5O5S. The monoisotopic (exact) mass is 543 g/mol. The van der Waals surface area contributed by atoms with Crippen LogP contribution in [-0.2, 0) is 27.8 Å². The zero-order valence-corrected chi connectivity index (χ0v) is 23.7. The standard InChI is InChI=1S/C27H37N5O5S/c1-7-9-23-22(17-37-18(3)4)19(5)25-27(33)28-26(29-32(23)25)21-16-20(10-11-24(21)36-8-2)38(34,35)31-14-12-30(6)13-15-31/h10-11,16H,3,7-9,12-15,17H2,1-2,4-6H3,(H,28,29,33). The zero-order valence-electron chi connectivity index (χ0n) is 22.8. The molecule has 11 heteroatoms. The molecule has 3 aromatic rings. The van der Waals surface area contributed by atoms with Crippen LogP contribution in [0.3, 0.4) is 0 Å². The average Bonchev–Trinajstić information content (AvgIpc) is 3.14. The SMILES string of the molecule is C=C(C)OCc1c(C)c2c(=O)[nH]c(-c3cc(S(=O)(=O)N4CCN(C)CC4)ccc3OCC)nn2c1CCC. The highest BCUT2D eigenvalue weighted by Gasteiger charge is 2.29. The van der Waals surface area contributed by atoms with Gasteiger partial charge < -0.3 is 19.4 Å². The summed E-state index contributed by atoms with van der Waals surface area (Å²) in [6, 6.07) is 4.73. The summed E-state index contributed by atoms with van der Waals surface area (Å²) < 4.78 is 41.7. The van der Waals surface area contributed by atoms with Gasteiger partial charge in [0, 0.05) is 37.4 Å². The van der Waals surface area contributed by atoms with E-state index < -0.39 is 10.0 Å². The van der Waals surface area contributed by atoms with Crippen LogP contribution >= 0.6 is 0 Å². The molecule has 1 saturated heterocycles. The Morgan fingerprint density at radius 1 is 1.18 bits per heavy atom. The van der Waals surface area contributed by atoms with Gasteiger partial charge in [-0.3, -0.25) is 4.79 Å². The van der Waals surface area contributed by atoms with E-state index in [9.17, 15) is 13.2 Å². The highest BCUT2D eigenvalue weighted by atomic mass is 32.2. The Hall–Kier alpha value is -3.15. The molecule has 0 aliphatic carbocycles. The van der Waals surface area contributed by atoms with Crippen LogP contribution in [0.15, 0.2) is 40.2 Å². The second-order valence-electron chi connectivity index (χ2n) is 9.65. The summed E-state index contributed by atoms with van der Waals surface area (Å²) in [5.41, 5.74) is 3.12. The van der Waals surface area contributed by atoms with E-state index >= 15 is 0 Å². The second kappa shape index (κ2) is 11.3. The van der Waals surface area contributed by atoms with Crippen molar-refractivity contribution in [3.63, 3.8) is 0 Å². The van der Waals surface area contributed by atoms with Gasteiger partial charge in [-0.1, -0.05) is 19.9 Å². The Balaban J connectivity index is 1.88. The lowest BCUT2D eigenvalue weighted by molar-refractivity contribution is 0.201. The van der Waals surface area contributed by atoms with E-state index in [0.717, 1.165) is 23.2 Å². The number of hydrogen-bond acceptors (Lipinski definition) is 7. The number of benzene rings is 1. The van der Waals surface area contributed by atoms with E-state index in [0.29, 0.717) is 61.8 Å². The van der Waals surface area contributed by atoms with Crippen LogP contribution in [0.2, 0.25) is 0 Å². The molecule has 1 N–H and O–H groups in total. The number of hydrogen-bond donors (Lipinski definition) is 1. The van der Waals surface area contributed by atoms with Crippen LogP contribution in [0, 0.1) is 6.92 Å². The topological polar surface area (TPSA) is 109 Å². The van der Waals surface area contributed by atoms with Gasteiger partial charge in [-0.25, -0.2) is 12.9 Å². The molecule has 2 aromatic heterocycles. The minimum Gasteiger partial charge on any atom is -0.494 e. The number of aromatic nitrogens is 3. The fourth-order valence-corrected chi connectivity index (χ4v) is 6.21. The van der Waals surface area contributed by atoms with Crippen molar-refractivity contribution in [2.24, 2.45) is 0 Å². The lowest BCUT2D eigenvalue weighted by Gasteiger charge is -2.31. The highest BCUT2D eigenvalue weighted by Crippen LogP contribution is 2.32. The molecule has 0 bridgehead atoms. The smallest absolute Gasteiger partial charge is 0.275 e. The third-order valence-electron chi connectivity index (χ3n) is 6.83. The average molecular weight is 544 g/mol. The molecule has 206 valence electrons. The van der Waals surface area contributed by atoms with Crippen LogP contribution < -0.4 is 10.3 Å². The van der Waals surface area contributed by atoms with Crippen molar-refractivity contribution in [1.29, 1.82) is 0 Å². The fraction of sp³-hybridized carbons (Fsp3) is 0.481. The van der Waals surface area contributed by atoms with Crippen molar-refractivity contribution in [1.82, 2.24) is 23.8 Å². The summed E-state index contributed by atoms with van der Waals surface area (Å²) in [4.78, 5) is 18.5. The van der Waals surface area contributed by atoms with Crippen LogP contribution in [0.5, 0.6) is 5.75 Å². The van der Waals surface area contributed by atoms with Crippen molar-refractivity contribution < 1.29 is 17.9 Å². The number of ether oxygens (including phenoxy) is 2. The quantitative estimate of drug-likeness (QED) is 0.391. The lowest BCUT2D eigenvalue weighted by atomic mass is 10.1. The molecule has 0 amide bonds. The molecule has 0 unspecified atom stereocenters. The molecule has 0 atom stereocenters. The first-order chi connectivity index (χ1) is 18.1. The molecule has 4 rings (SSSR count). The molecule has 3 heterocycles. The minimum atomic E-state index is -3.74. The summed E-state index contributed by atoms with van der Waals surface area (Å²) in [7, 11) is -1.76. The summed E-state index contributed by atoms with van der Waals surface area (Å²) in [5, 5.41) is 4.81. The van der Waals surface area contributed by atoms with Crippen molar-refractivity contribution in [3.8, 4) is 17.1 Å². The number of aryl methyl sites for hydroxylation is 2. The van der Waals surface area contributed by atoms with Gasteiger partial charge in [-0.15, -0.1) is 5.10 Å². The van der Waals surface area contributed by atoms with E-state index in [1.807, 2.05) is 20.9 Å². The number of nitrogens with one attached hydrogen (secondary N) is 1. The van der Waals surface area contributed by atoms with Crippen molar-refractivity contribution in [3.05, 3.63) is 57.7 Å². The van der Waals surface area contributed by atoms with E-state index in [4.69, 9.17) is 14.6 Å². The largest absolute Gasteiger partial charge is 0.494 e. The summed E-state index contributed by atoms with van der Waals surface area (Å²) in [6.07, 6.45) is 1.54. The number of fused-ring (bicyclic) bond motifs is 1. The fourth-order valence-electron chi connectivity index (χ4n) is 4.76. The number of rotatable bonds is 10. The maximum atomic E-state index is 13.5. The summed E-state index contributed by atoms with van der Waals surface area (Å²) >= 11 is 0. The number of aromatic amines is 1. The molecule has 0 saturated carbocycles. The number of allylic oxidation sites excluding steroid dienone is 1. The first-order valence-electron chi connectivity index (χ1n) is 13.0. The Morgan fingerprint density at radius 3 is 2.53 bits per heavy atom. The number of sulfonamides is 1. The van der Waals surface area contributed by atoms with Crippen LogP contribution in [0.1, 0.15) is 44.0 Å². The minimum absolute atomic E-state index is 0.135. The number of piperazine rings is 1. The molecule has 1 fully saturated rings. The second-order valence-corrected chi connectivity index (χ2v) is 11.6.